The number of nitrogens with one attached hydrogen (secondary N) is 1. The van der Waals surface area contributed by atoms with Crippen molar-refractivity contribution in [1.82, 2.24) is 15.3 Å². The standard InChI is InChI=1S/C22H26N4O4/c1-3-14-11-16(29-2)12-18-19(14)22(28)30-21(25-18)17-5-4-7-24-20(17)26-9-6-15(13-26)23-8-10-27/h4-5,7,11-12,15,23,27H,3,6,8-10,13H2,1-2H3. The van der Waals surface area contributed by atoms with E-state index in [9.17, 15) is 4.79 Å². The highest BCUT2D eigenvalue weighted by Gasteiger charge is 2.26. The molecule has 3 aromatic rings. The van der Waals surface area contributed by atoms with E-state index in [0.717, 1.165) is 30.9 Å². The third-order valence-corrected chi connectivity index (χ3v) is 5.45. The van der Waals surface area contributed by atoms with Crippen molar-refractivity contribution < 1.29 is 14.3 Å². The second kappa shape index (κ2) is 8.81. The fourth-order valence-corrected chi connectivity index (χ4v) is 3.97. The molecule has 0 radical (unpaired) electrons. The number of hydrogen-bond acceptors (Lipinski definition) is 8. The van der Waals surface area contributed by atoms with Crippen LogP contribution in [0, 0.1) is 0 Å². The zero-order valence-electron chi connectivity index (χ0n) is 17.2. The fourth-order valence-electron chi connectivity index (χ4n) is 3.97. The van der Waals surface area contributed by atoms with E-state index in [4.69, 9.17) is 14.3 Å². The van der Waals surface area contributed by atoms with Gasteiger partial charge in [-0.15, -0.1) is 0 Å². The Labute approximate surface area is 174 Å². The molecule has 0 aliphatic carbocycles. The predicted octanol–water partition coefficient (Wildman–Crippen LogP) is 1.98. The van der Waals surface area contributed by atoms with Crippen LogP contribution in [-0.2, 0) is 6.42 Å². The minimum Gasteiger partial charge on any atom is -0.497 e. The zero-order chi connectivity index (χ0) is 21.1. The number of anilines is 1. The number of nitrogens with zero attached hydrogens (tertiary/aromatic N) is 3. The lowest BCUT2D eigenvalue weighted by atomic mass is 10.1. The van der Waals surface area contributed by atoms with Crippen LogP contribution in [0.3, 0.4) is 0 Å². The summed E-state index contributed by atoms with van der Waals surface area (Å²) in [6.07, 6.45) is 3.35. The smallest absolute Gasteiger partial charge is 0.347 e. The van der Waals surface area contributed by atoms with Gasteiger partial charge in [0.1, 0.15) is 11.6 Å². The number of aromatic nitrogens is 2. The first kappa shape index (κ1) is 20.3. The Bertz CT molecular complexity index is 1100. The molecule has 30 heavy (non-hydrogen) atoms. The van der Waals surface area contributed by atoms with Gasteiger partial charge in [0.15, 0.2) is 0 Å². The van der Waals surface area contributed by atoms with Crippen LogP contribution in [0.5, 0.6) is 5.75 Å². The summed E-state index contributed by atoms with van der Waals surface area (Å²) < 4.78 is 11.0. The van der Waals surface area contributed by atoms with Gasteiger partial charge in [-0.05, 0) is 36.6 Å². The van der Waals surface area contributed by atoms with Crippen LogP contribution in [0.2, 0.25) is 0 Å². The van der Waals surface area contributed by atoms with Gasteiger partial charge in [0, 0.05) is 37.9 Å². The number of methoxy groups -OCH3 is 1. The lowest BCUT2D eigenvalue weighted by Crippen LogP contribution is -2.34. The van der Waals surface area contributed by atoms with Crippen LogP contribution in [0.15, 0.2) is 39.7 Å². The lowest BCUT2D eigenvalue weighted by Gasteiger charge is -2.20. The first-order valence-corrected chi connectivity index (χ1v) is 10.2. The SMILES string of the molecule is CCc1cc(OC)cc2nc(-c3cccnc3N3CCC(NCCO)C3)oc(=O)c12. The van der Waals surface area contributed by atoms with Gasteiger partial charge in [0.05, 0.1) is 30.2 Å². The van der Waals surface area contributed by atoms with Crippen molar-refractivity contribution in [3.63, 3.8) is 0 Å². The number of aliphatic hydroxyl groups excluding tert-OH is 1. The average molecular weight is 410 g/mol. The molecule has 1 aliphatic rings. The summed E-state index contributed by atoms with van der Waals surface area (Å²) in [6.45, 7) is 4.24. The first-order chi connectivity index (χ1) is 14.6. The molecule has 1 saturated heterocycles. The van der Waals surface area contributed by atoms with Gasteiger partial charge in [-0.2, -0.15) is 0 Å². The summed E-state index contributed by atoms with van der Waals surface area (Å²) in [6, 6.07) is 7.57. The Morgan fingerprint density at radius 1 is 1.40 bits per heavy atom. The third kappa shape index (κ3) is 3.88. The Morgan fingerprint density at radius 3 is 3.03 bits per heavy atom. The number of pyridine rings is 1. The molecule has 1 aromatic carbocycles. The number of rotatable bonds is 7. The van der Waals surface area contributed by atoms with Crippen LogP contribution in [0.1, 0.15) is 18.9 Å². The van der Waals surface area contributed by atoms with Crippen LogP contribution in [0.25, 0.3) is 22.4 Å². The average Bonchev–Trinajstić information content (AvgIpc) is 3.25. The number of fused-ring (bicyclic) bond motifs is 1. The molecule has 1 fully saturated rings. The third-order valence-electron chi connectivity index (χ3n) is 5.45. The molecule has 1 unspecified atom stereocenters. The second-order valence-corrected chi connectivity index (χ2v) is 7.32. The van der Waals surface area contributed by atoms with E-state index in [-0.39, 0.29) is 18.5 Å². The molecule has 0 saturated carbocycles. The minimum absolute atomic E-state index is 0.112. The summed E-state index contributed by atoms with van der Waals surface area (Å²) in [5.74, 6) is 1.64. The van der Waals surface area contributed by atoms with Crippen LogP contribution >= 0.6 is 0 Å². The maximum Gasteiger partial charge on any atom is 0.347 e. The molecule has 2 aromatic heterocycles. The van der Waals surface area contributed by atoms with Crippen molar-refractivity contribution in [2.75, 3.05) is 38.3 Å². The predicted molar refractivity (Wildman–Crippen MR) is 115 cm³/mol. The number of aliphatic hydroxyl groups is 1. The van der Waals surface area contributed by atoms with E-state index in [1.807, 2.05) is 25.1 Å². The molecule has 8 nitrogen and oxygen atoms in total. The Balaban J connectivity index is 1.76. The summed E-state index contributed by atoms with van der Waals surface area (Å²) in [5, 5.41) is 12.9. The highest BCUT2D eigenvalue weighted by Crippen LogP contribution is 2.31. The van der Waals surface area contributed by atoms with Gasteiger partial charge in [0.2, 0.25) is 5.89 Å². The molecular weight excluding hydrogens is 384 g/mol. The van der Waals surface area contributed by atoms with Gasteiger partial charge in [-0.25, -0.2) is 14.8 Å². The normalized spacial score (nSPS) is 16.4. The summed E-state index contributed by atoms with van der Waals surface area (Å²) in [4.78, 5) is 24.2. The van der Waals surface area contributed by atoms with E-state index in [1.54, 1.807) is 19.4 Å². The molecule has 0 bridgehead atoms. The number of hydrogen-bond donors (Lipinski definition) is 2. The molecule has 0 amide bonds. The highest BCUT2D eigenvalue weighted by molar-refractivity contribution is 5.84. The van der Waals surface area contributed by atoms with Gasteiger partial charge < -0.3 is 24.5 Å². The Morgan fingerprint density at radius 2 is 2.27 bits per heavy atom. The zero-order valence-corrected chi connectivity index (χ0v) is 17.2. The van der Waals surface area contributed by atoms with Gasteiger partial charge >= 0.3 is 5.63 Å². The summed E-state index contributed by atoms with van der Waals surface area (Å²) in [7, 11) is 1.60. The maximum atomic E-state index is 12.8. The molecule has 158 valence electrons. The number of aryl methyl sites for hydroxylation is 1. The highest BCUT2D eigenvalue weighted by atomic mass is 16.5. The molecule has 8 heteroatoms. The van der Waals surface area contributed by atoms with Gasteiger partial charge in [0.25, 0.3) is 0 Å². The molecule has 2 N–H and O–H groups in total. The molecule has 1 atom stereocenters. The summed E-state index contributed by atoms with van der Waals surface area (Å²) in [5.41, 5.74) is 1.67. The minimum atomic E-state index is -0.409. The van der Waals surface area contributed by atoms with Crippen molar-refractivity contribution in [3.8, 4) is 17.2 Å². The van der Waals surface area contributed by atoms with Crippen LogP contribution < -0.4 is 20.6 Å². The van der Waals surface area contributed by atoms with E-state index in [1.165, 1.54) is 0 Å². The van der Waals surface area contributed by atoms with Crippen LogP contribution in [-0.4, -0.2) is 54.5 Å². The second-order valence-electron chi connectivity index (χ2n) is 7.32. The Hall–Kier alpha value is -2.97. The van der Waals surface area contributed by atoms with Crippen molar-refractivity contribution in [3.05, 3.63) is 46.4 Å². The molecule has 1 aliphatic heterocycles. The monoisotopic (exact) mass is 410 g/mol. The maximum absolute atomic E-state index is 12.8. The molecule has 4 rings (SSSR count). The first-order valence-electron chi connectivity index (χ1n) is 10.2. The Kier molecular flexibility index (Phi) is 5.96. The van der Waals surface area contributed by atoms with Crippen LogP contribution in [0.4, 0.5) is 5.82 Å². The van der Waals surface area contributed by atoms with E-state index < -0.39 is 5.63 Å². The van der Waals surface area contributed by atoms with Gasteiger partial charge in [-0.1, -0.05) is 6.92 Å². The summed E-state index contributed by atoms with van der Waals surface area (Å²) >= 11 is 0. The number of ether oxygens (including phenoxy) is 1. The quantitative estimate of drug-likeness (QED) is 0.610. The molecule has 0 spiro atoms. The van der Waals surface area contributed by atoms with Crippen molar-refractivity contribution in [2.24, 2.45) is 0 Å². The van der Waals surface area contributed by atoms with Crippen molar-refractivity contribution in [1.29, 1.82) is 0 Å². The molecular formula is C22H26N4O4. The van der Waals surface area contributed by atoms with E-state index in [2.05, 4.69) is 20.2 Å². The van der Waals surface area contributed by atoms with Crippen molar-refractivity contribution >= 4 is 16.7 Å². The molecule has 3 heterocycles. The van der Waals surface area contributed by atoms with E-state index >= 15 is 0 Å². The number of benzene rings is 1. The lowest BCUT2D eigenvalue weighted by molar-refractivity contribution is 0.286. The fraction of sp³-hybridized carbons (Fsp3) is 0.409. The van der Waals surface area contributed by atoms with E-state index in [0.29, 0.717) is 35.2 Å². The van der Waals surface area contributed by atoms with Gasteiger partial charge in [-0.3, -0.25) is 0 Å². The van der Waals surface area contributed by atoms with Crippen molar-refractivity contribution in [2.45, 2.75) is 25.8 Å². The topological polar surface area (TPSA) is 101 Å². The largest absolute Gasteiger partial charge is 0.497 e.